The normalized spacial score (nSPS) is 21.6. The Balaban J connectivity index is 1.61. The maximum Gasteiger partial charge on any atom is 0.265 e. The van der Waals surface area contributed by atoms with Crippen LogP contribution >= 0.6 is 0 Å². The van der Waals surface area contributed by atoms with Crippen LogP contribution in [0.15, 0.2) is 24.4 Å². The van der Waals surface area contributed by atoms with E-state index in [0.29, 0.717) is 17.0 Å². The van der Waals surface area contributed by atoms with Crippen molar-refractivity contribution in [1.29, 1.82) is 0 Å². The van der Waals surface area contributed by atoms with Gasteiger partial charge >= 0.3 is 0 Å². The maximum atomic E-state index is 12.9. The van der Waals surface area contributed by atoms with Gasteiger partial charge in [0.15, 0.2) is 11.9 Å². The number of carbonyl (C=O) groups excluding carboxylic acids is 2. The number of para-hydroxylation sites is 1. The lowest BCUT2D eigenvalue weighted by Gasteiger charge is -2.27. The van der Waals surface area contributed by atoms with Crippen molar-refractivity contribution in [2.75, 3.05) is 5.32 Å². The third kappa shape index (κ3) is 2.65. The summed E-state index contributed by atoms with van der Waals surface area (Å²) >= 11 is 0. The van der Waals surface area contributed by atoms with Gasteiger partial charge in [0.05, 0.1) is 23.5 Å². The smallest absolute Gasteiger partial charge is 0.265 e. The first-order chi connectivity index (χ1) is 12.0. The fraction of sp³-hybridized carbons (Fsp3) is 0.389. The minimum absolute atomic E-state index is 0.0589. The van der Waals surface area contributed by atoms with Crippen LogP contribution in [0.1, 0.15) is 47.4 Å². The largest absolute Gasteiger partial charge is 0.478 e. The second-order valence-corrected chi connectivity index (χ2v) is 6.52. The molecule has 7 heteroatoms. The molecule has 0 radical (unpaired) electrons. The summed E-state index contributed by atoms with van der Waals surface area (Å²) in [4.78, 5) is 24.6. The summed E-state index contributed by atoms with van der Waals surface area (Å²) in [5.41, 5.74) is 3.21. The molecule has 130 valence electrons. The molecule has 1 aliphatic heterocycles. The first-order valence-electron chi connectivity index (χ1n) is 8.46. The molecular formula is C18H20N4O3. The number of nitrogens with one attached hydrogen (secondary N) is 2. The van der Waals surface area contributed by atoms with Crippen LogP contribution in [0.25, 0.3) is 0 Å². The van der Waals surface area contributed by atoms with Crippen molar-refractivity contribution in [3.8, 4) is 5.75 Å². The summed E-state index contributed by atoms with van der Waals surface area (Å²) in [6.45, 7) is 1.66. The molecule has 1 aromatic carbocycles. The van der Waals surface area contributed by atoms with E-state index in [4.69, 9.17) is 4.74 Å². The second kappa shape index (κ2) is 5.91. The van der Waals surface area contributed by atoms with Gasteiger partial charge in [0.1, 0.15) is 0 Å². The van der Waals surface area contributed by atoms with E-state index in [-0.39, 0.29) is 17.9 Å². The fourth-order valence-electron chi connectivity index (χ4n) is 3.50. The van der Waals surface area contributed by atoms with Gasteiger partial charge in [-0.3, -0.25) is 14.3 Å². The Morgan fingerprint density at radius 3 is 3.12 bits per heavy atom. The summed E-state index contributed by atoms with van der Waals surface area (Å²) < 4.78 is 7.54. The van der Waals surface area contributed by atoms with Gasteiger partial charge in [-0.1, -0.05) is 6.07 Å². The number of carbonyl (C=O) groups is 2. The molecule has 1 aromatic heterocycles. The van der Waals surface area contributed by atoms with Crippen LogP contribution in [-0.4, -0.2) is 27.7 Å². The molecule has 0 spiro atoms. The SMILES string of the molecule is C[C@@H]1Oc2c(cccc2C(=O)N[C@@H]2CCCc3c2cnn3C)NC1=O. The number of nitrogens with zero attached hydrogens (tertiary/aromatic N) is 2. The third-order valence-electron chi connectivity index (χ3n) is 4.86. The van der Waals surface area contributed by atoms with Gasteiger partial charge in [-0.05, 0) is 38.3 Å². The summed E-state index contributed by atoms with van der Waals surface area (Å²) in [6, 6.07) is 5.13. The van der Waals surface area contributed by atoms with Crippen molar-refractivity contribution >= 4 is 17.5 Å². The molecule has 2 aromatic rings. The van der Waals surface area contributed by atoms with E-state index < -0.39 is 6.10 Å². The zero-order chi connectivity index (χ0) is 17.6. The Morgan fingerprint density at radius 1 is 1.44 bits per heavy atom. The van der Waals surface area contributed by atoms with Crippen LogP contribution in [0.3, 0.4) is 0 Å². The Bertz CT molecular complexity index is 858. The highest BCUT2D eigenvalue weighted by atomic mass is 16.5. The first-order valence-corrected chi connectivity index (χ1v) is 8.46. The topological polar surface area (TPSA) is 85.2 Å². The molecule has 0 fully saturated rings. The molecule has 0 saturated heterocycles. The van der Waals surface area contributed by atoms with Crippen LogP contribution in [-0.2, 0) is 18.3 Å². The van der Waals surface area contributed by atoms with Crippen LogP contribution in [0.4, 0.5) is 5.69 Å². The van der Waals surface area contributed by atoms with Crippen molar-refractivity contribution in [2.24, 2.45) is 7.05 Å². The van der Waals surface area contributed by atoms with E-state index in [0.717, 1.165) is 24.8 Å². The molecule has 7 nitrogen and oxygen atoms in total. The van der Waals surface area contributed by atoms with Gasteiger partial charge in [0.25, 0.3) is 11.8 Å². The fourth-order valence-corrected chi connectivity index (χ4v) is 3.50. The van der Waals surface area contributed by atoms with Crippen LogP contribution in [0, 0.1) is 0 Å². The van der Waals surface area contributed by atoms with E-state index in [2.05, 4.69) is 15.7 Å². The summed E-state index contributed by atoms with van der Waals surface area (Å²) in [6.07, 6.45) is 4.08. The number of aryl methyl sites for hydroxylation is 1. The standard InChI is InChI=1S/C18H20N4O3/c1-10-17(23)21-14-7-3-5-11(16(14)25-10)18(24)20-13-6-4-8-15-12(13)9-19-22(15)2/h3,5,7,9-10,13H,4,6,8H2,1-2H3,(H,20,24)(H,21,23)/t10-,13+/m0/s1. The molecular weight excluding hydrogens is 320 g/mol. The van der Waals surface area contributed by atoms with Crippen molar-refractivity contribution in [3.05, 3.63) is 41.2 Å². The summed E-state index contributed by atoms with van der Waals surface area (Å²) in [5.74, 6) is 0.00793. The van der Waals surface area contributed by atoms with Crippen molar-refractivity contribution in [2.45, 2.75) is 38.3 Å². The Hall–Kier alpha value is -2.83. The molecule has 0 unspecified atom stereocenters. The predicted octanol–water partition coefficient (Wildman–Crippen LogP) is 1.95. The number of rotatable bonds is 2. The van der Waals surface area contributed by atoms with Crippen molar-refractivity contribution < 1.29 is 14.3 Å². The third-order valence-corrected chi connectivity index (χ3v) is 4.86. The molecule has 0 bridgehead atoms. The molecule has 2 heterocycles. The highest BCUT2D eigenvalue weighted by molar-refractivity contribution is 6.04. The molecule has 1 aliphatic carbocycles. The zero-order valence-electron chi connectivity index (χ0n) is 14.2. The molecule has 4 rings (SSSR count). The summed E-state index contributed by atoms with van der Waals surface area (Å²) in [5, 5.41) is 10.2. The van der Waals surface area contributed by atoms with E-state index in [1.807, 2.05) is 17.9 Å². The zero-order valence-corrected chi connectivity index (χ0v) is 14.2. The molecule has 2 N–H and O–H groups in total. The van der Waals surface area contributed by atoms with Gasteiger partial charge in [0, 0.05) is 18.3 Å². The number of aromatic nitrogens is 2. The number of anilines is 1. The molecule has 2 aliphatic rings. The van der Waals surface area contributed by atoms with Gasteiger partial charge in [0.2, 0.25) is 0 Å². The van der Waals surface area contributed by atoms with Gasteiger partial charge in [-0.2, -0.15) is 5.10 Å². The maximum absolute atomic E-state index is 12.9. The summed E-state index contributed by atoms with van der Waals surface area (Å²) in [7, 11) is 1.93. The molecule has 2 atom stereocenters. The van der Waals surface area contributed by atoms with E-state index in [9.17, 15) is 9.59 Å². The molecule has 0 saturated carbocycles. The average molecular weight is 340 g/mol. The highest BCUT2D eigenvalue weighted by Gasteiger charge is 2.30. The number of amides is 2. The lowest BCUT2D eigenvalue weighted by Crippen LogP contribution is -2.36. The van der Waals surface area contributed by atoms with Gasteiger partial charge in [-0.25, -0.2) is 0 Å². The predicted molar refractivity (Wildman–Crippen MR) is 91.5 cm³/mol. The number of benzene rings is 1. The average Bonchev–Trinajstić information content (AvgIpc) is 2.98. The lowest BCUT2D eigenvalue weighted by molar-refractivity contribution is -0.122. The Morgan fingerprint density at radius 2 is 2.28 bits per heavy atom. The molecule has 2 amide bonds. The monoisotopic (exact) mass is 340 g/mol. The second-order valence-electron chi connectivity index (χ2n) is 6.52. The quantitative estimate of drug-likeness (QED) is 0.875. The Kier molecular flexibility index (Phi) is 3.71. The van der Waals surface area contributed by atoms with E-state index in [1.165, 1.54) is 5.69 Å². The number of fused-ring (bicyclic) bond motifs is 2. The van der Waals surface area contributed by atoms with Gasteiger partial charge in [-0.15, -0.1) is 0 Å². The van der Waals surface area contributed by atoms with Crippen LogP contribution in [0.5, 0.6) is 5.75 Å². The minimum atomic E-state index is -0.624. The first kappa shape index (κ1) is 15.7. The van der Waals surface area contributed by atoms with Crippen molar-refractivity contribution in [1.82, 2.24) is 15.1 Å². The van der Waals surface area contributed by atoms with Crippen LogP contribution in [0.2, 0.25) is 0 Å². The van der Waals surface area contributed by atoms with Crippen molar-refractivity contribution in [3.63, 3.8) is 0 Å². The number of hydrogen-bond donors (Lipinski definition) is 2. The highest BCUT2D eigenvalue weighted by Crippen LogP contribution is 2.34. The van der Waals surface area contributed by atoms with E-state index in [1.54, 1.807) is 25.1 Å². The van der Waals surface area contributed by atoms with E-state index >= 15 is 0 Å². The Labute approximate surface area is 145 Å². The number of ether oxygens (including phenoxy) is 1. The van der Waals surface area contributed by atoms with Gasteiger partial charge < -0.3 is 15.4 Å². The minimum Gasteiger partial charge on any atom is -0.478 e. The van der Waals surface area contributed by atoms with Crippen LogP contribution < -0.4 is 15.4 Å². The molecule has 25 heavy (non-hydrogen) atoms. The lowest BCUT2D eigenvalue weighted by atomic mass is 9.92. The number of hydrogen-bond acceptors (Lipinski definition) is 4.